The molecule has 0 amide bonds. The van der Waals surface area contributed by atoms with Crippen molar-refractivity contribution in [3.8, 4) is 11.4 Å². The molecule has 0 aliphatic rings. The van der Waals surface area contributed by atoms with Crippen LogP contribution in [-0.4, -0.2) is 9.55 Å². The fourth-order valence-electron chi connectivity index (χ4n) is 2.05. The van der Waals surface area contributed by atoms with E-state index in [-0.39, 0.29) is 5.82 Å². The van der Waals surface area contributed by atoms with Crippen LogP contribution in [-0.2, 0) is 7.05 Å². The van der Waals surface area contributed by atoms with Crippen molar-refractivity contribution < 1.29 is 4.39 Å². The maximum atomic E-state index is 13.8. The second kappa shape index (κ2) is 4.10. The minimum absolute atomic E-state index is 0.276. The van der Waals surface area contributed by atoms with Crippen molar-refractivity contribution in [1.29, 1.82) is 0 Å². The maximum absolute atomic E-state index is 13.8. The molecule has 0 aliphatic carbocycles. The van der Waals surface area contributed by atoms with E-state index in [1.165, 1.54) is 6.07 Å². The predicted molar refractivity (Wildman–Crippen MR) is 71.1 cm³/mol. The van der Waals surface area contributed by atoms with E-state index in [9.17, 15) is 4.39 Å². The highest BCUT2D eigenvalue weighted by Crippen LogP contribution is 2.27. The number of aryl methyl sites for hydroxylation is 1. The molecule has 0 saturated carbocycles. The molecule has 3 aromatic rings. The molecule has 0 saturated heterocycles. The van der Waals surface area contributed by atoms with Crippen LogP contribution in [0.3, 0.4) is 0 Å². The summed E-state index contributed by atoms with van der Waals surface area (Å²) in [6.07, 6.45) is 0. The van der Waals surface area contributed by atoms with Crippen molar-refractivity contribution in [3.05, 3.63) is 53.3 Å². The normalized spacial score (nSPS) is 11.1. The Balaban J connectivity index is 2.31. The lowest BCUT2D eigenvalue weighted by Crippen LogP contribution is -1.94. The van der Waals surface area contributed by atoms with Gasteiger partial charge in [-0.1, -0.05) is 23.7 Å². The summed E-state index contributed by atoms with van der Waals surface area (Å²) in [5.41, 5.74) is 2.19. The van der Waals surface area contributed by atoms with Gasteiger partial charge in [0.15, 0.2) is 0 Å². The van der Waals surface area contributed by atoms with Crippen LogP contribution in [0.4, 0.5) is 4.39 Å². The molecular formula is C14H10ClFN2. The van der Waals surface area contributed by atoms with Gasteiger partial charge in [-0.25, -0.2) is 9.37 Å². The quantitative estimate of drug-likeness (QED) is 0.646. The number of hydrogen-bond acceptors (Lipinski definition) is 1. The largest absolute Gasteiger partial charge is 0.327 e. The monoisotopic (exact) mass is 260 g/mol. The minimum atomic E-state index is -0.276. The van der Waals surface area contributed by atoms with Gasteiger partial charge in [0.1, 0.15) is 11.6 Å². The molecule has 1 aromatic heterocycles. The molecule has 0 atom stereocenters. The molecule has 1 heterocycles. The van der Waals surface area contributed by atoms with Gasteiger partial charge < -0.3 is 4.57 Å². The summed E-state index contributed by atoms with van der Waals surface area (Å²) >= 11 is 5.96. The number of aromatic nitrogens is 2. The van der Waals surface area contributed by atoms with Crippen LogP contribution in [0.15, 0.2) is 42.5 Å². The van der Waals surface area contributed by atoms with Crippen molar-refractivity contribution in [2.45, 2.75) is 0 Å². The summed E-state index contributed by atoms with van der Waals surface area (Å²) in [5, 5.41) is 0.644. The Bertz CT molecular complexity index is 734. The molecule has 18 heavy (non-hydrogen) atoms. The zero-order valence-corrected chi connectivity index (χ0v) is 10.4. The Labute approximate surface area is 109 Å². The Morgan fingerprint density at radius 2 is 1.94 bits per heavy atom. The van der Waals surface area contributed by atoms with Gasteiger partial charge in [0.2, 0.25) is 0 Å². The molecule has 0 unspecified atom stereocenters. The highest BCUT2D eigenvalue weighted by Gasteiger charge is 2.13. The maximum Gasteiger partial charge on any atom is 0.143 e. The second-order valence-electron chi connectivity index (χ2n) is 4.11. The number of benzene rings is 2. The lowest BCUT2D eigenvalue weighted by atomic mass is 10.2. The van der Waals surface area contributed by atoms with Gasteiger partial charge in [-0.15, -0.1) is 0 Å². The SMILES string of the molecule is Cn1c(-c2ccccc2F)nc2ccc(Cl)cc21. The van der Waals surface area contributed by atoms with E-state index in [0.717, 1.165) is 11.0 Å². The van der Waals surface area contributed by atoms with E-state index in [2.05, 4.69) is 4.98 Å². The fourth-order valence-corrected chi connectivity index (χ4v) is 2.21. The van der Waals surface area contributed by atoms with Gasteiger partial charge in [-0.2, -0.15) is 0 Å². The highest BCUT2D eigenvalue weighted by atomic mass is 35.5. The third kappa shape index (κ3) is 1.68. The average molecular weight is 261 g/mol. The minimum Gasteiger partial charge on any atom is -0.327 e. The molecule has 0 fully saturated rings. The standard InChI is InChI=1S/C14H10ClFN2/c1-18-13-8-9(15)6-7-12(13)17-14(18)10-4-2-3-5-11(10)16/h2-8H,1H3. The predicted octanol–water partition coefficient (Wildman–Crippen LogP) is 4.03. The molecule has 0 radical (unpaired) electrons. The van der Waals surface area contributed by atoms with E-state index in [1.807, 2.05) is 23.7 Å². The van der Waals surface area contributed by atoms with Crippen molar-refractivity contribution >= 4 is 22.6 Å². The van der Waals surface area contributed by atoms with Crippen LogP contribution in [0.25, 0.3) is 22.4 Å². The van der Waals surface area contributed by atoms with Crippen LogP contribution in [0.5, 0.6) is 0 Å². The summed E-state index contributed by atoms with van der Waals surface area (Å²) in [7, 11) is 1.85. The zero-order valence-electron chi connectivity index (χ0n) is 9.69. The Morgan fingerprint density at radius 3 is 2.72 bits per heavy atom. The summed E-state index contributed by atoms with van der Waals surface area (Å²) < 4.78 is 15.6. The first-order valence-electron chi connectivity index (χ1n) is 5.53. The Hall–Kier alpha value is -1.87. The van der Waals surface area contributed by atoms with E-state index in [0.29, 0.717) is 16.4 Å². The van der Waals surface area contributed by atoms with Crippen molar-refractivity contribution in [3.63, 3.8) is 0 Å². The van der Waals surface area contributed by atoms with Gasteiger partial charge in [-0.3, -0.25) is 0 Å². The van der Waals surface area contributed by atoms with E-state index in [1.54, 1.807) is 24.3 Å². The number of hydrogen-bond donors (Lipinski definition) is 0. The number of halogens is 2. The molecule has 0 aliphatic heterocycles. The third-order valence-electron chi connectivity index (χ3n) is 2.96. The van der Waals surface area contributed by atoms with Gasteiger partial charge in [0.25, 0.3) is 0 Å². The van der Waals surface area contributed by atoms with E-state index in [4.69, 9.17) is 11.6 Å². The van der Waals surface area contributed by atoms with Gasteiger partial charge in [-0.05, 0) is 30.3 Å². The molecule has 0 N–H and O–H groups in total. The number of nitrogens with zero attached hydrogens (tertiary/aromatic N) is 2. The zero-order chi connectivity index (χ0) is 12.7. The highest BCUT2D eigenvalue weighted by molar-refractivity contribution is 6.31. The van der Waals surface area contributed by atoms with E-state index < -0.39 is 0 Å². The van der Waals surface area contributed by atoms with Gasteiger partial charge in [0.05, 0.1) is 16.6 Å². The third-order valence-corrected chi connectivity index (χ3v) is 3.19. The van der Waals surface area contributed by atoms with Crippen molar-refractivity contribution in [1.82, 2.24) is 9.55 Å². The van der Waals surface area contributed by atoms with Crippen LogP contribution in [0.1, 0.15) is 0 Å². The molecule has 3 rings (SSSR count). The molecule has 2 nitrogen and oxygen atoms in total. The molecule has 4 heteroatoms. The smallest absolute Gasteiger partial charge is 0.143 e. The van der Waals surface area contributed by atoms with E-state index >= 15 is 0 Å². The summed E-state index contributed by atoms with van der Waals surface area (Å²) in [5.74, 6) is 0.326. The first kappa shape index (κ1) is 11.2. The van der Waals surface area contributed by atoms with Gasteiger partial charge >= 0.3 is 0 Å². The number of rotatable bonds is 1. The Kier molecular flexibility index (Phi) is 2.56. The van der Waals surface area contributed by atoms with Crippen molar-refractivity contribution in [2.75, 3.05) is 0 Å². The lowest BCUT2D eigenvalue weighted by molar-refractivity contribution is 0.629. The average Bonchev–Trinajstić information content (AvgIpc) is 2.68. The molecule has 2 aromatic carbocycles. The number of imidazole rings is 1. The second-order valence-corrected chi connectivity index (χ2v) is 4.54. The van der Waals surface area contributed by atoms with Gasteiger partial charge in [0, 0.05) is 12.1 Å². The molecule has 90 valence electrons. The summed E-state index contributed by atoms with van der Waals surface area (Å²) in [4.78, 5) is 4.45. The molecule has 0 spiro atoms. The first-order chi connectivity index (χ1) is 8.66. The summed E-state index contributed by atoms with van der Waals surface area (Å²) in [6, 6.07) is 12.1. The lowest BCUT2D eigenvalue weighted by Gasteiger charge is -2.03. The number of fused-ring (bicyclic) bond motifs is 1. The Morgan fingerprint density at radius 1 is 1.17 bits per heavy atom. The van der Waals surface area contributed by atoms with Crippen LogP contribution in [0, 0.1) is 5.82 Å². The fraction of sp³-hybridized carbons (Fsp3) is 0.0714. The molecule has 0 bridgehead atoms. The first-order valence-corrected chi connectivity index (χ1v) is 5.91. The van der Waals surface area contributed by atoms with Crippen molar-refractivity contribution in [2.24, 2.45) is 7.05 Å². The van der Waals surface area contributed by atoms with Crippen LogP contribution in [0.2, 0.25) is 5.02 Å². The van der Waals surface area contributed by atoms with Crippen LogP contribution < -0.4 is 0 Å². The topological polar surface area (TPSA) is 17.8 Å². The molecular weight excluding hydrogens is 251 g/mol. The summed E-state index contributed by atoms with van der Waals surface area (Å²) in [6.45, 7) is 0. The van der Waals surface area contributed by atoms with Crippen LogP contribution >= 0.6 is 11.6 Å².